The molecule has 3 nitrogen and oxygen atoms in total. The van der Waals surface area contributed by atoms with E-state index in [4.69, 9.17) is 16.0 Å². The molecule has 23 heavy (non-hydrogen) atoms. The minimum absolute atomic E-state index is 0.0324. The Morgan fingerprint density at radius 1 is 1.26 bits per heavy atom. The second kappa shape index (κ2) is 6.59. The van der Waals surface area contributed by atoms with E-state index < -0.39 is 0 Å². The van der Waals surface area contributed by atoms with Crippen LogP contribution >= 0.6 is 39.5 Å². The maximum Gasteiger partial charge on any atom is 0.163 e. The lowest BCUT2D eigenvalue weighted by atomic mass is 10.1. The van der Waals surface area contributed by atoms with E-state index in [0.717, 1.165) is 20.4 Å². The molecule has 0 bridgehead atoms. The summed E-state index contributed by atoms with van der Waals surface area (Å²) >= 11 is 11.2. The van der Waals surface area contributed by atoms with E-state index in [0.29, 0.717) is 21.9 Å². The van der Waals surface area contributed by atoms with Crippen LogP contribution in [0.2, 0.25) is 5.02 Å². The van der Waals surface area contributed by atoms with Crippen LogP contribution in [0.5, 0.6) is 0 Å². The molecule has 0 saturated carbocycles. The van der Waals surface area contributed by atoms with Crippen molar-refractivity contribution in [1.82, 2.24) is 0 Å². The summed E-state index contributed by atoms with van der Waals surface area (Å²) in [4.78, 5) is 12.9. The first-order valence-electron chi connectivity index (χ1n) is 6.87. The Labute approximate surface area is 151 Å². The molecule has 0 aliphatic heterocycles. The van der Waals surface area contributed by atoms with Gasteiger partial charge in [-0.25, -0.2) is 0 Å². The number of nitrogens with one attached hydrogen (secondary N) is 1. The molecule has 0 aliphatic rings. The fourth-order valence-corrected chi connectivity index (χ4v) is 3.54. The zero-order chi connectivity index (χ0) is 16.6. The minimum atomic E-state index is -0.0324. The Morgan fingerprint density at radius 2 is 1.96 bits per heavy atom. The first-order valence-corrected chi connectivity index (χ1v) is 8.86. The smallest absolute Gasteiger partial charge is 0.163 e. The average molecular weight is 411 g/mol. The Bertz CT molecular complexity index is 890. The number of furan rings is 1. The van der Waals surface area contributed by atoms with E-state index in [1.54, 1.807) is 13.0 Å². The number of halogens is 2. The highest BCUT2D eigenvalue weighted by molar-refractivity contribution is 9.10. The fourth-order valence-electron chi connectivity index (χ4n) is 2.39. The number of hydrogen-bond donors (Lipinski definition) is 1. The van der Waals surface area contributed by atoms with Crippen molar-refractivity contribution in [3.05, 3.63) is 57.2 Å². The number of carbonyl (C=O) groups is 1. The highest BCUT2D eigenvalue weighted by Crippen LogP contribution is 2.35. The number of hydrogen-bond acceptors (Lipinski definition) is 4. The highest BCUT2D eigenvalue weighted by atomic mass is 79.9. The molecular formula is C17H13BrClNO2S. The zero-order valence-corrected chi connectivity index (χ0v) is 15.6. The summed E-state index contributed by atoms with van der Waals surface area (Å²) in [7, 11) is 0. The van der Waals surface area contributed by atoms with Gasteiger partial charge in [-0.05, 0) is 62.2 Å². The molecule has 0 atom stereocenters. The lowest BCUT2D eigenvalue weighted by Crippen LogP contribution is -1.93. The number of fused-ring (bicyclic) bond motifs is 1. The second-order valence-electron chi connectivity index (χ2n) is 5.08. The molecule has 1 N–H and O–H groups in total. The molecule has 3 rings (SSSR count). The largest absolute Gasteiger partial charge is 0.459 e. The van der Waals surface area contributed by atoms with Crippen LogP contribution in [0.4, 0.5) is 5.69 Å². The van der Waals surface area contributed by atoms with Crippen LogP contribution in [-0.4, -0.2) is 5.78 Å². The third kappa shape index (κ3) is 3.42. The quantitative estimate of drug-likeness (QED) is 0.395. The second-order valence-corrected chi connectivity index (χ2v) is 7.28. The van der Waals surface area contributed by atoms with Crippen molar-refractivity contribution < 1.29 is 9.21 Å². The maximum atomic E-state index is 11.8. The summed E-state index contributed by atoms with van der Waals surface area (Å²) in [5.41, 5.74) is 1.95. The zero-order valence-electron chi connectivity index (χ0n) is 12.4. The lowest BCUT2D eigenvalue weighted by Gasteiger charge is -2.07. The van der Waals surface area contributed by atoms with Crippen LogP contribution in [0, 0.1) is 6.92 Å². The topological polar surface area (TPSA) is 42.2 Å². The maximum absolute atomic E-state index is 11.8. The predicted molar refractivity (Wildman–Crippen MR) is 99.6 cm³/mol. The number of Topliss-reactive ketones (excluding diaryl/α,β-unsaturated/α-hetero) is 1. The predicted octanol–water partition coefficient (Wildman–Crippen LogP) is 6.48. The van der Waals surface area contributed by atoms with Gasteiger partial charge in [0.15, 0.2) is 11.4 Å². The van der Waals surface area contributed by atoms with Gasteiger partial charge < -0.3 is 9.14 Å². The van der Waals surface area contributed by atoms with Gasteiger partial charge in [-0.2, -0.15) is 0 Å². The third-order valence-corrected chi connectivity index (χ3v) is 5.03. The summed E-state index contributed by atoms with van der Waals surface area (Å²) in [6, 6.07) is 11.7. The first kappa shape index (κ1) is 16.4. The molecule has 0 amide bonds. The molecule has 2 aromatic carbocycles. The van der Waals surface area contributed by atoms with Gasteiger partial charge in [0.2, 0.25) is 0 Å². The molecule has 0 spiro atoms. The van der Waals surface area contributed by atoms with Crippen LogP contribution in [0.25, 0.3) is 11.0 Å². The number of anilines is 1. The van der Waals surface area contributed by atoms with Crippen molar-refractivity contribution in [1.29, 1.82) is 0 Å². The third-order valence-electron chi connectivity index (χ3n) is 3.37. The van der Waals surface area contributed by atoms with E-state index >= 15 is 0 Å². The van der Waals surface area contributed by atoms with Crippen LogP contribution < -0.4 is 4.72 Å². The van der Waals surface area contributed by atoms with Crippen molar-refractivity contribution in [2.24, 2.45) is 0 Å². The van der Waals surface area contributed by atoms with Crippen LogP contribution in [0.1, 0.15) is 23.0 Å². The number of carbonyl (C=O) groups excluding carboxylic acids is 1. The van der Waals surface area contributed by atoms with Crippen LogP contribution in [-0.2, 0) is 0 Å². The molecule has 0 saturated heterocycles. The summed E-state index contributed by atoms with van der Waals surface area (Å²) < 4.78 is 9.92. The first-order chi connectivity index (χ1) is 11.0. The Hall–Kier alpha value is -1.43. The number of benzene rings is 2. The average Bonchev–Trinajstić information content (AvgIpc) is 2.83. The highest BCUT2D eigenvalue weighted by Gasteiger charge is 2.18. The summed E-state index contributed by atoms with van der Waals surface area (Å²) in [6.07, 6.45) is 0. The van der Waals surface area contributed by atoms with Gasteiger partial charge in [0.1, 0.15) is 5.76 Å². The molecule has 3 aromatic rings. The molecule has 1 heterocycles. The van der Waals surface area contributed by atoms with E-state index in [1.807, 2.05) is 30.3 Å². The van der Waals surface area contributed by atoms with Crippen molar-refractivity contribution in [2.75, 3.05) is 4.72 Å². The Kier molecular flexibility index (Phi) is 4.71. The molecule has 0 fully saturated rings. The Balaban J connectivity index is 1.93. The molecule has 118 valence electrons. The molecule has 1 aromatic heterocycles. The number of rotatable bonds is 4. The summed E-state index contributed by atoms with van der Waals surface area (Å²) in [6.45, 7) is 3.30. The molecule has 6 heteroatoms. The van der Waals surface area contributed by atoms with Crippen molar-refractivity contribution in [2.45, 2.75) is 18.7 Å². The van der Waals surface area contributed by atoms with Gasteiger partial charge in [-0.1, -0.05) is 27.5 Å². The fraction of sp³-hybridized carbons (Fsp3) is 0.118. The number of aryl methyl sites for hydroxylation is 1. The van der Waals surface area contributed by atoms with Crippen molar-refractivity contribution in [3.63, 3.8) is 0 Å². The molecule has 0 aliphatic carbocycles. The van der Waals surface area contributed by atoms with Crippen LogP contribution in [0.15, 0.2) is 50.2 Å². The van der Waals surface area contributed by atoms with Crippen LogP contribution in [0.3, 0.4) is 0 Å². The molecule has 0 unspecified atom stereocenters. The van der Waals surface area contributed by atoms with Gasteiger partial charge in [0, 0.05) is 20.4 Å². The standard InChI is InChI=1S/C17H13BrClNO2S/c1-9(21)16-10(2)22-17-14(16)7-12(8-15(17)19)20-23-13-5-3-11(18)4-6-13/h3-8,20H,1-2H3. The van der Waals surface area contributed by atoms with Gasteiger partial charge in [0.25, 0.3) is 0 Å². The van der Waals surface area contributed by atoms with E-state index in [1.165, 1.54) is 18.9 Å². The van der Waals surface area contributed by atoms with Gasteiger partial charge in [0.05, 0.1) is 10.6 Å². The molecule has 0 radical (unpaired) electrons. The van der Waals surface area contributed by atoms with Gasteiger partial charge >= 0.3 is 0 Å². The molecular weight excluding hydrogens is 398 g/mol. The minimum Gasteiger partial charge on any atom is -0.459 e. The summed E-state index contributed by atoms with van der Waals surface area (Å²) in [5, 5.41) is 1.22. The van der Waals surface area contributed by atoms with E-state index in [-0.39, 0.29) is 5.78 Å². The van der Waals surface area contributed by atoms with Crippen molar-refractivity contribution in [3.8, 4) is 0 Å². The van der Waals surface area contributed by atoms with Gasteiger partial charge in [-0.3, -0.25) is 4.79 Å². The summed E-state index contributed by atoms with van der Waals surface area (Å²) in [5.74, 6) is 0.558. The van der Waals surface area contributed by atoms with Crippen molar-refractivity contribution >= 4 is 61.9 Å². The van der Waals surface area contributed by atoms with E-state index in [9.17, 15) is 4.79 Å². The SMILES string of the molecule is CC(=O)c1c(C)oc2c(Cl)cc(NSc3ccc(Br)cc3)cc12. The lowest BCUT2D eigenvalue weighted by molar-refractivity contribution is 0.101. The number of ketones is 1. The monoisotopic (exact) mass is 409 g/mol. The van der Waals surface area contributed by atoms with E-state index in [2.05, 4.69) is 20.7 Å². The Morgan fingerprint density at radius 3 is 2.61 bits per heavy atom. The van der Waals surface area contributed by atoms with Gasteiger partial charge in [-0.15, -0.1) is 0 Å². The normalized spacial score (nSPS) is 11.0.